The van der Waals surface area contributed by atoms with Crippen molar-refractivity contribution in [1.82, 2.24) is 9.55 Å². The number of fused-ring (bicyclic) bond motifs is 5. The Balaban J connectivity index is 1.74. The summed E-state index contributed by atoms with van der Waals surface area (Å²) < 4.78 is 12.6. The Morgan fingerprint density at radius 3 is 2.75 bits per heavy atom. The third-order valence-corrected chi connectivity index (χ3v) is 7.14. The lowest BCUT2D eigenvalue weighted by molar-refractivity contribution is -0.190. The standard InChI is InChI=1S/C27H25N3O6/c1-5-16-17-9-14(3)7-8-21(17)29-23-18(16)11-30-22(23)10-20-19(24(30)32)12-35-26(34)27(20,6-2)36-25(33)15(4)28-13-31/h7-10,15H,5-6,11-12H2,1-4H3/t15-,27-/m0/s1. The van der Waals surface area contributed by atoms with Crippen molar-refractivity contribution in [1.29, 1.82) is 0 Å². The van der Waals surface area contributed by atoms with Crippen LogP contribution < -0.4 is 5.56 Å². The van der Waals surface area contributed by atoms with Crippen LogP contribution >= 0.6 is 0 Å². The maximum atomic E-state index is 13.7. The summed E-state index contributed by atoms with van der Waals surface area (Å²) in [6, 6.07) is 6.63. The van der Waals surface area contributed by atoms with E-state index < -0.39 is 23.6 Å². The smallest absolute Gasteiger partial charge is 0.355 e. The lowest BCUT2D eigenvalue weighted by Crippen LogP contribution is -2.48. The van der Waals surface area contributed by atoms with Gasteiger partial charge in [0.05, 0.1) is 29.0 Å². The molecule has 0 fully saturated rings. The Hall–Kier alpha value is -4.10. The molecule has 0 radical (unpaired) electrons. The molecule has 9 heteroatoms. The Kier molecular flexibility index (Phi) is 5.60. The van der Waals surface area contributed by atoms with Gasteiger partial charge in [-0.25, -0.2) is 19.4 Å². The number of esters is 2. The van der Waals surface area contributed by atoms with Crippen molar-refractivity contribution in [3.63, 3.8) is 0 Å². The molecule has 1 aromatic carbocycles. The van der Waals surface area contributed by atoms with E-state index in [1.807, 2.05) is 19.1 Å². The topological polar surface area (TPSA) is 117 Å². The molecule has 0 spiro atoms. The van der Waals surface area contributed by atoms with Crippen LogP contribution in [0.3, 0.4) is 0 Å². The molecule has 0 saturated heterocycles. The van der Waals surface area contributed by atoms with Crippen molar-refractivity contribution < 1.29 is 23.9 Å². The fourth-order valence-corrected chi connectivity index (χ4v) is 5.23. The summed E-state index contributed by atoms with van der Waals surface area (Å²) in [6.45, 7) is 7.27. The number of carbonyl (C=O) groups is 2. The molecule has 184 valence electrons. The van der Waals surface area contributed by atoms with Crippen molar-refractivity contribution >= 4 is 28.9 Å². The zero-order valence-electron chi connectivity index (χ0n) is 20.5. The van der Waals surface area contributed by atoms with Crippen LogP contribution in [0.5, 0.6) is 0 Å². The Morgan fingerprint density at radius 1 is 1.28 bits per heavy atom. The van der Waals surface area contributed by atoms with Gasteiger partial charge in [0, 0.05) is 16.5 Å². The Bertz CT molecular complexity index is 1570. The van der Waals surface area contributed by atoms with Gasteiger partial charge in [0.1, 0.15) is 6.61 Å². The molecule has 0 N–H and O–H groups in total. The van der Waals surface area contributed by atoms with E-state index in [0.29, 0.717) is 17.9 Å². The van der Waals surface area contributed by atoms with E-state index in [-0.39, 0.29) is 29.7 Å². The lowest BCUT2D eigenvalue weighted by Gasteiger charge is -2.36. The molecule has 36 heavy (non-hydrogen) atoms. The number of isocyanates is 1. The Labute approximate surface area is 206 Å². The second kappa shape index (κ2) is 8.53. The third kappa shape index (κ3) is 3.31. The minimum absolute atomic E-state index is 0.0302. The van der Waals surface area contributed by atoms with Crippen LogP contribution in [0, 0.1) is 6.92 Å². The molecule has 0 saturated carbocycles. The number of carbonyl (C=O) groups excluding carboxylic acids is 3. The number of pyridine rings is 2. The average molecular weight is 488 g/mol. The number of aryl methyl sites for hydroxylation is 2. The molecule has 3 aromatic rings. The number of rotatable bonds is 5. The van der Waals surface area contributed by atoms with Gasteiger partial charge in [0.25, 0.3) is 5.56 Å². The highest BCUT2D eigenvalue weighted by atomic mass is 16.6. The molecular weight excluding hydrogens is 462 g/mol. The van der Waals surface area contributed by atoms with Crippen LogP contribution in [0.2, 0.25) is 0 Å². The quantitative estimate of drug-likeness (QED) is 0.241. The maximum absolute atomic E-state index is 13.7. The molecule has 0 amide bonds. The molecule has 2 aromatic heterocycles. The predicted octanol–water partition coefficient (Wildman–Crippen LogP) is 3.23. The minimum atomic E-state index is -1.84. The first-order valence-corrected chi connectivity index (χ1v) is 11.9. The summed E-state index contributed by atoms with van der Waals surface area (Å²) in [6.07, 6.45) is 2.12. The molecule has 2 aliphatic heterocycles. The van der Waals surface area contributed by atoms with Gasteiger partial charge in [0.15, 0.2) is 6.04 Å². The number of hydrogen-bond acceptors (Lipinski definition) is 8. The van der Waals surface area contributed by atoms with E-state index in [9.17, 15) is 19.2 Å². The molecular formula is C27H25N3O6. The van der Waals surface area contributed by atoms with Gasteiger partial charge in [-0.15, -0.1) is 0 Å². The van der Waals surface area contributed by atoms with Gasteiger partial charge in [-0.3, -0.25) is 4.79 Å². The average Bonchev–Trinajstić information content (AvgIpc) is 3.23. The van der Waals surface area contributed by atoms with Crippen LogP contribution in [-0.2, 0) is 49.0 Å². The molecule has 2 atom stereocenters. The fraction of sp³-hybridized carbons (Fsp3) is 0.370. The molecule has 0 unspecified atom stereocenters. The normalized spacial score (nSPS) is 18.5. The van der Waals surface area contributed by atoms with Gasteiger partial charge in [-0.1, -0.05) is 25.5 Å². The van der Waals surface area contributed by atoms with E-state index in [2.05, 4.69) is 18.0 Å². The van der Waals surface area contributed by atoms with Crippen LogP contribution in [-0.4, -0.2) is 33.6 Å². The third-order valence-electron chi connectivity index (χ3n) is 7.14. The van der Waals surface area contributed by atoms with E-state index >= 15 is 0 Å². The summed E-state index contributed by atoms with van der Waals surface area (Å²) in [5.74, 6) is -1.66. The van der Waals surface area contributed by atoms with Gasteiger partial charge < -0.3 is 14.0 Å². The van der Waals surface area contributed by atoms with Crippen molar-refractivity contribution in [2.75, 3.05) is 0 Å². The molecule has 0 bridgehead atoms. The summed E-state index contributed by atoms with van der Waals surface area (Å²) in [7, 11) is 0. The monoisotopic (exact) mass is 487 g/mol. The van der Waals surface area contributed by atoms with Crippen molar-refractivity contribution in [3.8, 4) is 11.4 Å². The number of hydrogen-bond donors (Lipinski definition) is 0. The lowest BCUT2D eigenvalue weighted by atomic mass is 9.85. The zero-order chi connectivity index (χ0) is 25.8. The second-order valence-electron chi connectivity index (χ2n) is 9.18. The summed E-state index contributed by atoms with van der Waals surface area (Å²) in [5, 5.41) is 1.06. The minimum Gasteiger partial charge on any atom is -0.457 e. The molecule has 5 rings (SSSR count). The molecule has 0 aliphatic carbocycles. The number of cyclic esters (lactones) is 1. The number of aromatic nitrogens is 2. The molecule has 9 nitrogen and oxygen atoms in total. The Morgan fingerprint density at radius 2 is 2.06 bits per heavy atom. The van der Waals surface area contributed by atoms with Gasteiger partial charge in [0.2, 0.25) is 11.7 Å². The summed E-state index contributed by atoms with van der Waals surface area (Å²) in [5.41, 5.74) is 3.67. The maximum Gasteiger partial charge on any atom is 0.355 e. The largest absolute Gasteiger partial charge is 0.457 e. The highest BCUT2D eigenvalue weighted by Crippen LogP contribution is 2.42. The predicted molar refractivity (Wildman–Crippen MR) is 130 cm³/mol. The highest BCUT2D eigenvalue weighted by Gasteiger charge is 2.51. The first-order valence-electron chi connectivity index (χ1n) is 11.9. The number of benzene rings is 1. The molecule has 2 aliphatic rings. The van der Waals surface area contributed by atoms with E-state index in [1.165, 1.54) is 13.0 Å². The summed E-state index contributed by atoms with van der Waals surface area (Å²) in [4.78, 5) is 58.4. The SMILES string of the molecule is CCc1c2c(nc3ccc(C)cc13)-c1cc3c(c(=O)n1C2)COC(=O)[C@@]3(CC)OC(=O)[C@H](C)N=C=O. The number of nitrogens with zero attached hydrogens (tertiary/aromatic N) is 3. The van der Waals surface area contributed by atoms with E-state index in [0.717, 1.165) is 34.0 Å². The van der Waals surface area contributed by atoms with Crippen LogP contribution in [0.15, 0.2) is 34.1 Å². The van der Waals surface area contributed by atoms with Crippen molar-refractivity contribution in [3.05, 3.63) is 62.4 Å². The van der Waals surface area contributed by atoms with Crippen LogP contribution in [0.1, 0.15) is 55.0 Å². The van der Waals surface area contributed by atoms with Crippen molar-refractivity contribution in [2.24, 2.45) is 4.99 Å². The second-order valence-corrected chi connectivity index (χ2v) is 9.18. The first kappa shape index (κ1) is 23.6. The fourth-order valence-electron chi connectivity index (χ4n) is 5.23. The number of ether oxygens (including phenoxy) is 2. The van der Waals surface area contributed by atoms with Crippen molar-refractivity contribution in [2.45, 2.75) is 65.3 Å². The number of aliphatic imine (C=N–C) groups is 1. The van der Waals surface area contributed by atoms with Crippen LogP contribution in [0.4, 0.5) is 0 Å². The van der Waals surface area contributed by atoms with E-state index in [1.54, 1.807) is 17.6 Å². The van der Waals surface area contributed by atoms with Gasteiger partial charge in [-0.05, 0) is 50.5 Å². The highest BCUT2D eigenvalue weighted by molar-refractivity contribution is 5.90. The van der Waals surface area contributed by atoms with Gasteiger partial charge >= 0.3 is 11.9 Å². The first-order chi connectivity index (χ1) is 17.2. The zero-order valence-corrected chi connectivity index (χ0v) is 20.5. The molecule has 4 heterocycles. The van der Waals surface area contributed by atoms with E-state index in [4.69, 9.17) is 14.5 Å². The van der Waals surface area contributed by atoms with Gasteiger partial charge in [-0.2, -0.15) is 4.99 Å². The van der Waals surface area contributed by atoms with Crippen LogP contribution in [0.25, 0.3) is 22.3 Å². The summed E-state index contributed by atoms with van der Waals surface area (Å²) >= 11 is 0.